The van der Waals surface area contributed by atoms with Crippen LogP contribution in [0.1, 0.15) is 23.6 Å². The largest absolute Gasteiger partial charge is 0.0955 e. The average Bonchev–Trinajstić information content (AvgIpc) is 2.38. The third kappa shape index (κ3) is 3.07. The lowest BCUT2D eigenvalue weighted by Gasteiger charge is -2.09. The zero-order chi connectivity index (χ0) is 12.1. The van der Waals surface area contributed by atoms with Crippen LogP contribution in [0.15, 0.2) is 61.2 Å². The van der Waals surface area contributed by atoms with Gasteiger partial charge >= 0.3 is 0 Å². The third-order valence-electron chi connectivity index (χ3n) is 3.00. The highest BCUT2D eigenvalue weighted by Crippen LogP contribution is 2.18. The molecule has 0 atom stereocenters. The molecule has 17 heavy (non-hydrogen) atoms. The van der Waals surface area contributed by atoms with Gasteiger partial charge in [0, 0.05) is 0 Å². The predicted octanol–water partition coefficient (Wildman–Crippen LogP) is 4.50. The molecule has 0 aliphatic heterocycles. The fourth-order valence-electron chi connectivity index (χ4n) is 2.08. The van der Waals surface area contributed by atoms with Crippen LogP contribution in [0.5, 0.6) is 0 Å². The molecule has 0 bridgehead atoms. The first-order valence-corrected chi connectivity index (χ1v) is 6.05. The standard InChI is InChI=1S/C17H18/c1-14(2)17-11-7-6-10-16(17)13-12-15-8-4-3-5-9-15/h3-11H,1,12-13H2,2H3. The van der Waals surface area contributed by atoms with Gasteiger partial charge in [0.2, 0.25) is 0 Å². The van der Waals surface area contributed by atoms with E-state index in [0.29, 0.717) is 0 Å². The second kappa shape index (κ2) is 5.49. The Bertz CT molecular complexity index is 494. The molecule has 86 valence electrons. The first-order chi connectivity index (χ1) is 8.27. The summed E-state index contributed by atoms with van der Waals surface area (Å²) in [6, 6.07) is 19.2. The topological polar surface area (TPSA) is 0 Å². The molecule has 0 nitrogen and oxygen atoms in total. The Kier molecular flexibility index (Phi) is 3.77. The van der Waals surface area contributed by atoms with E-state index in [4.69, 9.17) is 0 Å². The molecule has 0 aliphatic rings. The lowest BCUT2D eigenvalue weighted by Crippen LogP contribution is -1.95. The molecule has 0 aliphatic carbocycles. The Balaban J connectivity index is 2.12. The quantitative estimate of drug-likeness (QED) is 0.714. The summed E-state index contributed by atoms with van der Waals surface area (Å²) in [4.78, 5) is 0. The normalized spacial score (nSPS) is 10.2. The molecule has 0 spiro atoms. The predicted molar refractivity (Wildman–Crippen MR) is 75.0 cm³/mol. The minimum Gasteiger partial charge on any atom is -0.0955 e. The second-order valence-electron chi connectivity index (χ2n) is 4.42. The maximum absolute atomic E-state index is 4.04. The Morgan fingerprint density at radius 1 is 0.882 bits per heavy atom. The summed E-state index contributed by atoms with van der Waals surface area (Å²) < 4.78 is 0. The molecule has 0 amide bonds. The van der Waals surface area contributed by atoms with Gasteiger partial charge in [-0.2, -0.15) is 0 Å². The van der Waals surface area contributed by atoms with Crippen molar-refractivity contribution in [2.24, 2.45) is 0 Å². The molecule has 2 aromatic carbocycles. The first-order valence-electron chi connectivity index (χ1n) is 6.05. The van der Waals surface area contributed by atoms with Crippen molar-refractivity contribution in [1.29, 1.82) is 0 Å². The molecule has 0 radical (unpaired) electrons. The summed E-state index contributed by atoms with van der Waals surface area (Å²) in [6.07, 6.45) is 2.16. The van der Waals surface area contributed by atoms with E-state index in [-0.39, 0.29) is 0 Å². The van der Waals surface area contributed by atoms with Crippen LogP contribution in [-0.2, 0) is 12.8 Å². The van der Waals surface area contributed by atoms with Gasteiger partial charge in [0.05, 0.1) is 0 Å². The van der Waals surface area contributed by atoms with Crippen molar-refractivity contribution in [3.8, 4) is 0 Å². The van der Waals surface area contributed by atoms with E-state index in [2.05, 4.69) is 68.1 Å². The van der Waals surface area contributed by atoms with Crippen LogP contribution in [0.4, 0.5) is 0 Å². The van der Waals surface area contributed by atoms with E-state index in [0.717, 1.165) is 18.4 Å². The van der Waals surface area contributed by atoms with Crippen molar-refractivity contribution in [3.63, 3.8) is 0 Å². The van der Waals surface area contributed by atoms with E-state index in [1.165, 1.54) is 16.7 Å². The van der Waals surface area contributed by atoms with E-state index in [1.807, 2.05) is 0 Å². The number of aryl methyl sites for hydroxylation is 2. The van der Waals surface area contributed by atoms with Gasteiger partial charge < -0.3 is 0 Å². The Morgan fingerprint density at radius 3 is 2.24 bits per heavy atom. The van der Waals surface area contributed by atoms with E-state index in [9.17, 15) is 0 Å². The summed E-state index contributed by atoms with van der Waals surface area (Å²) in [5, 5.41) is 0. The highest BCUT2D eigenvalue weighted by molar-refractivity contribution is 5.64. The van der Waals surface area contributed by atoms with Crippen LogP contribution in [0.3, 0.4) is 0 Å². The molecule has 0 N–H and O–H groups in total. The molecule has 0 heteroatoms. The van der Waals surface area contributed by atoms with Crippen molar-refractivity contribution < 1.29 is 0 Å². The fourth-order valence-corrected chi connectivity index (χ4v) is 2.08. The number of allylic oxidation sites excluding steroid dienone is 1. The maximum Gasteiger partial charge on any atom is -0.0201 e. The van der Waals surface area contributed by atoms with Crippen LogP contribution < -0.4 is 0 Å². The highest BCUT2D eigenvalue weighted by atomic mass is 14.1. The summed E-state index contributed by atoms with van der Waals surface area (Å²) >= 11 is 0. The SMILES string of the molecule is C=C(C)c1ccccc1CCc1ccccc1. The molecule has 0 aromatic heterocycles. The molecule has 0 saturated carbocycles. The number of hydrogen-bond donors (Lipinski definition) is 0. The van der Waals surface area contributed by atoms with Crippen molar-refractivity contribution in [3.05, 3.63) is 77.9 Å². The van der Waals surface area contributed by atoms with Crippen LogP contribution >= 0.6 is 0 Å². The summed E-state index contributed by atoms with van der Waals surface area (Å²) in [5.74, 6) is 0. The minimum atomic E-state index is 1.08. The fraction of sp³-hybridized carbons (Fsp3) is 0.176. The van der Waals surface area contributed by atoms with Gasteiger partial charge in [0.25, 0.3) is 0 Å². The molecule has 2 rings (SSSR count). The Labute approximate surface area is 104 Å². The molecule has 0 unspecified atom stereocenters. The third-order valence-corrected chi connectivity index (χ3v) is 3.00. The molecular weight excluding hydrogens is 204 g/mol. The van der Waals surface area contributed by atoms with Crippen molar-refractivity contribution in [2.75, 3.05) is 0 Å². The number of benzene rings is 2. The summed E-state index contributed by atoms with van der Waals surface area (Å²) in [5.41, 5.74) is 5.23. The zero-order valence-electron chi connectivity index (χ0n) is 10.3. The molecular formula is C17H18. The second-order valence-corrected chi connectivity index (χ2v) is 4.42. The molecule has 2 aromatic rings. The molecule has 0 fully saturated rings. The van der Waals surface area contributed by atoms with Crippen LogP contribution in [0, 0.1) is 0 Å². The molecule has 0 heterocycles. The van der Waals surface area contributed by atoms with Gasteiger partial charge in [-0.05, 0) is 36.5 Å². The van der Waals surface area contributed by atoms with Crippen molar-refractivity contribution in [1.82, 2.24) is 0 Å². The summed E-state index contributed by atoms with van der Waals surface area (Å²) in [7, 11) is 0. The van der Waals surface area contributed by atoms with Crippen LogP contribution in [0.2, 0.25) is 0 Å². The van der Waals surface area contributed by atoms with Crippen LogP contribution in [-0.4, -0.2) is 0 Å². The number of hydrogen-bond acceptors (Lipinski definition) is 0. The van der Waals surface area contributed by atoms with Gasteiger partial charge in [-0.15, -0.1) is 0 Å². The minimum absolute atomic E-state index is 1.08. The van der Waals surface area contributed by atoms with Gasteiger partial charge in [0.15, 0.2) is 0 Å². The van der Waals surface area contributed by atoms with Crippen LogP contribution in [0.25, 0.3) is 5.57 Å². The van der Waals surface area contributed by atoms with Gasteiger partial charge in [-0.25, -0.2) is 0 Å². The van der Waals surface area contributed by atoms with Crippen molar-refractivity contribution >= 4 is 5.57 Å². The monoisotopic (exact) mass is 222 g/mol. The van der Waals surface area contributed by atoms with Gasteiger partial charge in [-0.1, -0.05) is 66.7 Å². The van der Waals surface area contributed by atoms with E-state index in [1.54, 1.807) is 0 Å². The molecule has 0 saturated heterocycles. The van der Waals surface area contributed by atoms with E-state index >= 15 is 0 Å². The van der Waals surface area contributed by atoms with Gasteiger partial charge in [-0.3, -0.25) is 0 Å². The first kappa shape index (κ1) is 11.7. The van der Waals surface area contributed by atoms with Gasteiger partial charge in [0.1, 0.15) is 0 Å². The smallest absolute Gasteiger partial charge is 0.0201 e. The zero-order valence-corrected chi connectivity index (χ0v) is 10.3. The lowest BCUT2D eigenvalue weighted by atomic mass is 9.96. The maximum atomic E-state index is 4.04. The summed E-state index contributed by atoms with van der Waals surface area (Å²) in [6.45, 7) is 6.11. The lowest BCUT2D eigenvalue weighted by molar-refractivity contribution is 0.956. The van der Waals surface area contributed by atoms with E-state index < -0.39 is 0 Å². The Morgan fingerprint density at radius 2 is 1.53 bits per heavy atom. The Hall–Kier alpha value is -1.82. The van der Waals surface area contributed by atoms with Crippen molar-refractivity contribution in [2.45, 2.75) is 19.8 Å². The number of rotatable bonds is 4. The highest BCUT2D eigenvalue weighted by Gasteiger charge is 2.02. The average molecular weight is 222 g/mol.